The lowest BCUT2D eigenvalue weighted by Gasteiger charge is -2.34. The van der Waals surface area contributed by atoms with E-state index in [0.29, 0.717) is 59.1 Å². The number of carbonyl (C=O) groups is 1. The van der Waals surface area contributed by atoms with Crippen molar-refractivity contribution < 1.29 is 23.1 Å². The maximum atomic E-state index is 12.7. The van der Waals surface area contributed by atoms with Crippen LogP contribution in [0.3, 0.4) is 0 Å². The van der Waals surface area contributed by atoms with E-state index in [1.54, 1.807) is 30.3 Å². The van der Waals surface area contributed by atoms with Crippen LogP contribution in [0.15, 0.2) is 36.5 Å². The number of nitrogens with one attached hydrogen (secondary N) is 2. The van der Waals surface area contributed by atoms with Crippen LogP contribution in [0.25, 0.3) is 0 Å². The summed E-state index contributed by atoms with van der Waals surface area (Å²) in [5, 5.41) is 15.4. The van der Waals surface area contributed by atoms with E-state index in [-0.39, 0.29) is 5.91 Å². The smallest absolute Gasteiger partial charge is 0.382 e. The number of nitrogens with zero attached hydrogens (tertiary/aromatic N) is 2. The maximum Gasteiger partial charge on any atom is 0.415 e. The van der Waals surface area contributed by atoms with E-state index in [1.807, 2.05) is 0 Å². The highest BCUT2D eigenvalue weighted by Crippen LogP contribution is 2.31. The van der Waals surface area contributed by atoms with Gasteiger partial charge in [-0.3, -0.25) is 4.79 Å². The first-order chi connectivity index (χ1) is 15.6. The molecule has 0 bridgehead atoms. The quantitative estimate of drug-likeness (QED) is 0.451. The second kappa shape index (κ2) is 11.4. The number of aromatic nitrogens is 1. The van der Waals surface area contributed by atoms with Gasteiger partial charge in [-0.1, -0.05) is 29.3 Å². The van der Waals surface area contributed by atoms with E-state index in [2.05, 4.69) is 20.5 Å². The Balaban J connectivity index is 1.54. The van der Waals surface area contributed by atoms with Crippen LogP contribution >= 0.6 is 23.2 Å². The van der Waals surface area contributed by atoms with Crippen LogP contribution in [-0.4, -0.2) is 54.5 Å². The minimum absolute atomic E-state index is 0.329. The van der Waals surface area contributed by atoms with Crippen molar-refractivity contribution in [3.8, 4) is 0 Å². The van der Waals surface area contributed by atoms with Gasteiger partial charge in [0.15, 0.2) is 11.9 Å². The largest absolute Gasteiger partial charge is 0.415 e. The van der Waals surface area contributed by atoms with Gasteiger partial charge in [-0.2, -0.15) is 13.2 Å². The number of carbonyl (C=O) groups excluding carboxylic acids is 1. The molecule has 3 N–H and O–H groups in total. The van der Waals surface area contributed by atoms with Crippen LogP contribution in [0.4, 0.5) is 24.7 Å². The molecule has 0 aliphatic carbocycles. The zero-order valence-corrected chi connectivity index (χ0v) is 19.2. The first-order valence-corrected chi connectivity index (χ1v) is 11.3. The summed E-state index contributed by atoms with van der Waals surface area (Å²) in [7, 11) is 0. The van der Waals surface area contributed by atoms with Gasteiger partial charge in [0.1, 0.15) is 0 Å². The molecule has 0 saturated carbocycles. The van der Waals surface area contributed by atoms with Gasteiger partial charge in [-0.05, 0) is 56.0 Å². The van der Waals surface area contributed by atoms with Crippen molar-refractivity contribution in [3.63, 3.8) is 0 Å². The minimum atomic E-state index is -4.61. The predicted octanol–water partition coefficient (Wildman–Crippen LogP) is 4.76. The number of alkyl halides is 3. The summed E-state index contributed by atoms with van der Waals surface area (Å²) in [6.07, 6.45) is -3.07. The number of rotatable bonds is 8. The topological polar surface area (TPSA) is 77.5 Å². The molecule has 1 unspecified atom stereocenters. The summed E-state index contributed by atoms with van der Waals surface area (Å²) in [5.41, 5.74) is 0.906. The Hall–Kier alpha value is -2.07. The molecule has 1 amide bonds. The molecule has 1 saturated heterocycles. The third-order valence-electron chi connectivity index (χ3n) is 5.53. The summed E-state index contributed by atoms with van der Waals surface area (Å²) in [5.74, 6) is 0.623. The number of aliphatic hydroxyl groups is 1. The van der Waals surface area contributed by atoms with Crippen molar-refractivity contribution >= 4 is 40.6 Å². The van der Waals surface area contributed by atoms with Crippen LogP contribution in [0.2, 0.25) is 10.0 Å². The van der Waals surface area contributed by atoms with Gasteiger partial charge in [0, 0.05) is 36.4 Å². The minimum Gasteiger partial charge on any atom is -0.382 e. The Labute approximate surface area is 200 Å². The Morgan fingerprint density at radius 1 is 1.21 bits per heavy atom. The lowest BCUT2D eigenvalue weighted by atomic mass is 9.93. The molecule has 33 heavy (non-hydrogen) atoms. The van der Waals surface area contributed by atoms with Gasteiger partial charge >= 0.3 is 6.18 Å². The normalized spacial score (nSPS) is 16.0. The van der Waals surface area contributed by atoms with Crippen LogP contribution in [0.5, 0.6) is 0 Å². The molecule has 6 nitrogen and oxygen atoms in total. The second-order valence-corrected chi connectivity index (χ2v) is 8.84. The lowest BCUT2D eigenvalue weighted by Crippen LogP contribution is -2.39. The standard InChI is InChI=1S/C22H25Cl2F3N4O2/c23-16-3-1-2-15(10-16)21(33)30-18-11-17(24)12-29-20(18)31-8-5-14(6-9-31)4-7-28-13-19(32)22(25,26)27/h1-3,10-12,14,19,28,32H,4-9,13H2,(H,30,33). The maximum absolute atomic E-state index is 12.7. The molecule has 1 aromatic carbocycles. The molecule has 3 rings (SSSR count). The van der Waals surface area contributed by atoms with Crippen LogP contribution < -0.4 is 15.5 Å². The first kappa shape index (κ1) is 25.6. The molecule has 2 aromatic rings. The highest BCUT2D eigenvalue weighted by Gasteiger charge is 2.37. The van der Waals surface area contributed by atoms with Gasteiger partial charge in [0.25, 0.3) is 5.91 Å². The van der Waals surface area contributed by atoms with Gasteiger partial charge in [0.2, 0.25) is 0 Å². The fraction of sp³-hybridized carbons (Fsp3) is 0.455. The van der Waals surface area contributed by atoms with Gasteiger partial charge in [0.05, 0.1) is 10.7 Å². The van der Waals surface area contributed by atoms with Gasteiger partial charge < -0.3 is 20.6 Å². The summed E-state index contributed by atoms with van der Waals surface area (Å²) < 4.78 is 37.0. The third-order valence-corrected chi connectivity index (χ3v) is 5.97. The number of anilines is 2. The van der Waals surface area contributed by atoms with Crippen molar-refractivity contribution in [2.75, 3.05) is 36.4 Å². The van der Waals surface area contributed by atoms with Crippen molar-refractivity contribution in [1.82, 2.24) is 10.3 Å². The summed E-state index contributed by atoms with van der Waals surface area (Å²) in [6, 6.07) is 8.25. The second-order valence-electron chi connectivity index (χ2n) is 7.97. The Morgan fingerprint density at radius 3 is 2.61 bits per heavy atom. The SMILES string of the molecule is O=C(Nc1cc(Cl)cnc1N1CCC(CCNCC(O)C(F)(F)F)CC1)c1cccc(Cl)c1. The predicted molar refractivity (Wildman–Crippen MR) is 123 cm³/mol. The number of hydrogen-bond acceptors (Lipinski definition) is 5. The summed E-state index contributed by atoms with van der Waals surface area (Å²) >= 11 is 12.1. The van der Waals surface area contributed by atoms with Crippen LogP contribution in [0, 0.1) is 5.92 Å². The number of benzene rings is 1. The number of amides is 1. The molecular weight excluding hydrogens is 480 g/mol. The summed E-state index contributed by atoms with van der Waals surface area (Å²) in [6.45, 7) is 1.26. The van der Waals surface area contributed by atoms with Crippen LogP contribution in [0.1, 0.15) is 29.6 Å². The zero-order chi connectivity index (χ0) is 24.0. The molecule has 180 valence electrons. The third kappa shape index (κ3) is 7.46. The molecule has 2 heterocycles. The number of pyridine rings is 1. The lowest BCUT2D eigenvalue weighted by molar-refractivity contribution is -0.201. The van der Waals surface area contributed by atoms with E-state index in [0.717, 1.165) is 12.8 Å². The fourth-order valence-corrected chi connectivity index (χ4v) is 4.04. The molecule has 1 aliphatic heterocycles. The summed E-state index contributed by atoms with van der Waals surface area (Å²) in [4.78, 5) is 19.1. The first-order valence-electron chi connectivity index (χ1n) is 10.6. The van der Waals surface area contributed by atoms with E-state index in [1.165, 1.54) is 6.20 Å². The Bertz CT molecular complexity index is 953. The van der Waals surface area contributed by atoms with E-state index in [9.17, 15) is 18.0 Å². The van der Waals surface area contributed by atoms with Crippen molar-refractivity contribution in [3.05, 3.63) is 52.1 Å². The number of piperidine rings is 1. The van der Waals surface area contributed by atoms with E-state index < -0.39 is 18.8 Å². The van der Waals surface area contributed by atoms with Crippen molar-refractivity contribution in [2.45, 2.75) is 31.5 Å². The van der Waals surface area contributed by atoms with Gasteiger partial charge in [-0.25, -0.2) is 4.98 Å². The monoisotopic (exact) mass is 504 g/mol. The molecule has 11 heteroatoms. The highest BCUT2D eigenvalue weighted by molar-refractivity contribution is 6.31. The van der Waals surface area contributed by atoms with E-state index >= 15 is 0 Å². The Morgan fingerprint density at radius 2 is 1.94 bits per heavy atom. The van der Waals surface area contributed by atoms with Gasteiger partial charge in [-0.15, -0.1) is 0 Å². The molecule has 0 radical (unpaired) electrons. The van der Waals surface area contributed by atoms with Crippen molar-refractivity contribution in [1.29, 1.82) is 0 Å². The fourth-order valence-electron chi connectivity index (χ4n) is 3.69. The van der Waals surface area contributed by atoms with Crippen LogP contribution in [-0.2, 0) is 0 Å². The molecular formula is C22H25Cl2F3N4O2. The molecule has 1 fully saturated rings. The zero-order valence-electron chi connectivity index (χ0n) is 17.7. The Kier molecular flexibility index (Phi) is 8.81. The average Bonchev–Trinajstić information content (AvgIpc) is 2.76. The molecule has 1 atom stereocenters. The van der Waals surface area contributed by atoms with E-state index in [4.69, 9.17) is 28.3 Å². The highest BCUT2D eigenvalue weighted by atomic mass is 35.5. The average molecular weight is 505 g/mol. The number of aliphatic hydroxyl groups excluding tert-OH is 1. The van der Waals surface area contributed by atoms with Crippen molar-refractivity contribution in [2.24, 2.45) is 5.92 Å². The molecule has 1 aliphatic rings. The molecule has 1 aromatic heterocycles. The molecule has 0 spiro atoms. The number of hydrogen-bond donors (Lipinski definition) is 3. The number of halogens is 5.